The van der Waals surface area contributed by atoms with Crippen molar-refractivity contribution in [1.82, 2.24) is 0 Å². The Bertz CT molecular complexity index is 440. The third kappa shape index (κ3) is 2.94. The smallest absolute Gasteiger partial charge is 0.0603 e. The predicted octanol–water partition coefficient (Wildman–Crippen LogP) is 3.61. The van der Waals surface area contributed by atoms with Crippen molar-refractivity contribution < 1.29 is 0 Å². The van der Waals surface area contributed by atoms with Crippen molar-refractivity contribution in [3.8, 4) is 0 Å². The van der Waals surface area contributed by atoms with Crippen LogP contribution in [0.3, 0.4) is 0 Å². The van der Waals surface area contributed by atoms with Gasteiger partial charge >= 0.3 is 0 Å². The van der Waals surface area contributed by atoms with Gasteiger partial charge < -0.3 is 10.6 Å². The highest BCUT2D eigenvalue weighted by molar-refractivity contribution is 8.00. The molecule has 0 aliphatic carbocycles. The van der Waals surface area contributed by atoms with Crippen LogP contribution >= 0.6 is 11.8 Å². The van der Waals surface area contributed by atoms with Crippen molar-refractivity contribution >= 4 is 23.1 Å². The third-order valence-corrected chi connectivity index (χ3v) is 5.19. The molecule has 2 nitrogen and oxygen atoms in total. The number of thioether (sulfide) groups is 1. The summed E-state index contributed by atoms with van der Waals surface area (Å²) in [5.41, 5.74) is 10.9. The maximum Gasteiger partial charge on any atom is 0.0603 e. The van der Waals surface area contributed by atoms with E-state index in [1.807, 2.05) is 0 Å². The quantitative estimate of drug-likeness (QED) is 0.786. The molecule has 0 atom stereocenters. The van der Waals surface area contributed by atoms with Gasteiger partial charge in [-0.05, 0) is 43.5 Å². The van der Waals surface area contributed by atoms with Crippen LogP contribution in [0.25, 0.3) is 0 Å². The van der Waals surface area contributed by atoms with Crippen molar-refractivity contribution in [2.45, 2.75) is 38.9 Å². The van der Waals surface area contributed by atoms with Gasteiger partial charge in [-0.2, -0.15) is 11.8 Å². The summed E-state index contributed by atoms with van der Waals surface area (Å²) >= 11 is 2.07. The predicted molar refractivity (Wildman–Crippen MR) is 83.7 cm³/mol. The van der Waals surface area contributed by atoms with Crippen LogP contribution in [0.2, 0.25) is 0 Å². The maximum atomic E-state index is 6.19. The number of rotatable bonds is 1. The first kappa shape index (κ1) is 13.6. The van der Waals surface area contributed by atoms with Crippen LogP contribution in [-0.2, 0) is 0 Å². The molecular weight excluding hydrogens is 240 g/mol. The highest BCUT2D eigenvalue weighted by Gasteiger charge is 2.24. The summed E-state index contributed by atoms with van der Waals surface area (Å²) in [6, 6.07) is 4.35. The lowest BCUT2D eigenvalue weighted by Crippen LogP contribution is -2.27. The molecule has 1 aromatic rings. The first-order chi connectivity index (χ1) is 8.39. The molecule has 1 aliphatic rings. The molecule has 0 amide bonds. The van der Waals surface area contributed by atoms with E-state index in [2.05, 4.69) is 56.5 Å². The van der Waals surface area contributed by atoms with Crippen molar-refractivity contribution in [1.29, 1.82) is 0 Å². The Morgan fingerprint density at radius 3 is 2.56 bits per heavy atom. The topological polar surface area (TPSA) is 29.3 Å². The summed E-state index contributed by atoms with van der Waals surface area (Å²) in [4.78, 5) is 2.45. The van der Waals surface area contributed by atoms with E-state index in [1.165, 1.54) is 29.0 Å². The summed E-state index contributed by atoms with van der Waals surface area (Å²) < 4.78 is 0.392. The van der Waals surface area contributed by atoms with Crippen LogP contribution in [0, 0.1) is 13.8 Å². The van der Waals surface area contributed by atoms with Gasteiger partial charge in [-0.3, -0.25) is 0 Å². The second-order valence-corrected chi connectivity index (χ2v) is 7.64. The van der Waals surface area contributed by atoms with Crippen LogP contribution in [0.4, 0.5) is 11.4 Å². The second kappa shape index (κ2) is 5.04. The van der Waals surface area contributed by atoms with E-state index in [9.17, 15) is 0 Å². The minimum Gasteiger partial charge on any atom is -0.397 e. The van der Waals surface area contributed by atoms with E-state index in [0.717, 1.165) is 18.8 Å². The summed E-state index contributed by atoms with van der Waals surface area (Å²) in [5.74, 6) is 1.18. The van der Waals surface area contributed by atoms with Crippen LogP contribution in [0.1, 0.15) is 31.4 Å². The van der Waals surface area contributed by atoms with Crippen molar-refractivity contribution in [3.63, 3.8) is 0 Å². The van der Waals surface area contributed by atoms with Crippen LogP contribution in [0.5, 0.6) is 0 Å². The molecule has 0 radical (unpaired) electrons. The van der Waals surface area contributed by atoms with Gasteiger partial charge in [0.2, 0.25) is 0 Å². The summed E-state index contributed by atoms with van der Waals surface area (Å²) in [6.07, 6.45) is 1.21. The van der Waals surface area contributed by atoms with E-state index >= 15 is 0 Å². The van der Waals surface area contributed by atoms with Crippen LogP contribution < -0.4 is 10.6 Å². The Morgan fingerprint density at radius 1 is 1.17 bits per heavy atom. The maximum absolute atomic E-state index is 6.19. The number of nitrogen functional groups attached to an aromatic ring is 1. The molecule has 0 saturated carbocycles. The zero-order valence-corrected chi connectivity index (χ0v) is 12.7. The van der Waals surface area contributed by atoms with E-state index in [-0.39, 0.29) is 0 Å². The molecule has 18 heavy (non-hydrogen) atoms. The van der Waals surface area contributed by atoms with Crippen LogP contribution in [0.15, 0.2) is 12.1 Å². The van der Waals surface area contributed by atoms with E-state index in [1.54, 1.807) is 0 Å². The fraction of sp³-hybridized carbons (Fsp3) is 0.600. The monoisotopic (exact) mass is 264 g/mol. The minimum absolute atomic E-state index is 0.392. The molecular formula is C15H24N2S. The van der Waals surface area contributed by atoms with Gasteiger partial charge in [-0.15, -0.1) is 0 Å². The number of nitrogens with zero attached hydrogens (tertiary/aromatic N) is 1. The minimum atomic E-state index is 0.392. The fourth-order valence-electron chi connectivity index (χ4n) is 2.36. The Morgan fingerprint density at radius 2 is 1.83 bits per heavy atom. The zero-order chi connectivity index (χ0) is 13.3. The second-order valence-electron chi connectivity index (χ2n) is 5.84. The number of nitrogens with two attached hydrogens (primary N) is 1. The molecule has 1 fully saturated rings. The van der Waals surface area contributed by atoms with Crippen molar-refractivity contribution in [3.05, 3.63) is 23.3 Å². The lowest BCUT2D eigenvalue weighted by atomic mass is 10.1. The number of hydrogen-bond donors (Lipinski definition) is 1. The van der Waals surface area contributed by atoms with Crippen molar-refractivity contribution in [2.24, 2.45) is 0 Å². The van der Waals surface area contributed by atoms with Gasteiger partial charge in [0.1, 0.15) is 0 Å². The van der Waals surface area contributed by atoms with E-state index < -0.39 is 0 Å². The molecule has 1 aliphatic heterocycles. The molecule has 0 unspecified atom stereocenters. The van der Waals surface area contributed by atoms with Gasteiger partial charge in [0.25, 0.3) is 0 Å². The lowest BCUT2D eigenvalue weighted by Gasteiger charge is -2.26. The van der Waals surface area contributed by atoms with Gasteiger partial charge in [-0.25, -0.2) is 0 Å². The SMILES string of the molecule is Cc1cc(N)c(N2CCSC(C)(C)CC2)cc1C. The highest BCUT2D eigenvalue weighted by atomic mass is 32.2. The molecule has 0 bridgehead atoms. The number of anilines is 2. The molecule has 2 rings (SSSR count). The van der Waals surface area contributed by atoms with E-state index in [4.69, 9.17) is 5.73 Å². The molecule has 1 aromatic carbocycles. The fourth-order valence-corrected chi connectivity index (χ4v) is 3.46. The van der Waals surface area contributed by atoms with Gasteiger partial charge in [0.05, 0.1) is 11.4 Å². The highest BCUT2D eigenvalue weighted by Crippen LogP contribution is 2.34. The Hall–Kier alpha value is -0.830. The summed E-state index contributed by atoms with van der Waals surface area (Å²) in [7, 11) is 0. The molecule has 100 valence electrons. The molecule has 1 saturated heterocycles. The zero-order valence-electron chi connectivity index (χ0n) is 11.9. The third-order valence-electron chi connectivity index (χ3n) is 3.82. The first-order valence-electron chi connectivity index (χ1n) is 6.65. The molecule has 2 N–H and O–H groups in total. The Kier molecular flexibility index (Phi) is 3.81. The molecule has 0 spiro atoms. The van der Waals surface area contributed by atoms with Crippen molar-refractivity contribution in [2.75, 3.05) is 29.5 Å². The summed E-state index contributed by atoms with van der Waals surface area (Å²) in [6.45, 7) is 11.2. The Balaban J connectivity index is 2.24. The summed E-state index contributed by atoms with van der Waals surface area (Å²) in [5, 5.41) is 0. The number of benzene rings is 1. The largest absolute Gasteiger partial charge is 0.397 e. The number of hydrogen-bond acceptors (Lipinski definition) is 3. The molecule has 3 heteroatoms. The Labute approximate surface area is 115 Å². The van der Waals surface area contributed by atoms with Gasteiger partial charge in [-0.1, -0.05) is 13.8 Å². The standard InChI is InChI=1S/C15H24N2S/c1-11-9-13(16)14(10-12(11)2)17-6-5-15(3,4)18-8-7-17/h9-10H,5-8,16H2,1-4H3. The van der Waals surface area contributed by atoms with E-state index in [0.29, 0.717) is 4.75 Å². The average molecular weight is 264 g/mol. The molecule has 1 heterocycles. The van der Waals surface area contributed by atoms with Gasteiger partial charge in [0.15, 0.2) is 0 Å². The first-order valence-corrected chi connectivity index (χ1v) is 7.63. The average Bonchev–Trinajstić information content (AvgIpc) is 2.45. The normalized spacial score (nSPS) is 19.7. The van der Waals surface area contributed by atoms with Gasteiger partial charge in [0, 0.05) is 23.6 Å². The van der Waals surface area contributed by atoms with Crippen LogP contribution in [-0.4, -0.2) is 23.6 Å². The lowest BCUT2D eigenvalue weighted by molar-refractivity contribution is 0.638. The molecule has 0 aromatic heterocycles. The number of aryl methyl sites for hydroxylation is 2.